The molecule has 5 rings (SSSR count). The lowest BCUT2D eigenvalue weighted by Gasteiger charge is -2.26. The molecule has 0 fully saturated rings. The van der Waals surface area contributed by atoms with Crippen molar-refractivity contribution >= 4 is 11.0 Å². The Labute approximate surface area is 156 Å². The number of hydrogen-bond donors (Lipinski definition) is 1. The predicted molar refractivity (Wildman–Crippen MR) is 103 cm³/mol. The second kappa shape index (κ2) is 6.42. The van der Waals surface area contributed by atoms with Crippen LogP contribution in [0.5, 0.6) is 0 Å². The number of hydrogen-bond acceptors (Lipinski definition) is 4. The summed E-state index contributed by atoms with van der Waals surface area (Å²) in [6, 6.07) is 20.1. The van der Waals surface area contributed by atoms with Gasteiger partial charge in [-0.2, -0.15) is 10.4 Å². The highest BCUT2D eigenvalue weighted by Gasteiger charge is 2.23. The third-order valence-corrected chi connectivity index (χ3v) is 5.13. The molecule has 0 saturated carbocycles. The first-order valence-corrected chi connectivity index (χ1v) is 9.06. The monoisotopic (exact) mass is 354 g/mol. The number of para-hydroxylation sites is 1. The summed E-state index contributed by atoms with van der Waals surface area (Å²) in [6.07, 6.45) is 0.931. The SMILES string of the molecule is N#Cc1cccc(-c2n[nH]c3c2CN(Cc2cc4ccccc4o2)CC3)c1. The summed E-state index contributed by atoms with van der Waals surface area (Å²) >= 11 is 0. The van der Waals surface area contributed by atoms with E-state index >= 15 is 0 Å². The lowest BCUT2D eigenvalue weighted by atomic mass is 10.00. The van der Waals surface area contributed by atoms with Gasteiger partial charge < -0.3 is 4.42 Å². The Balaban J connectivity index is 1.42. The zero-order chi connectivity index (χ0) is 18.2. The number of aromatic amines is 1. The molecule has 132 valence electrons. The Hall–Kier alpha value is -3.36. The van der Waals surface area contributed by atoms with Crippen molar-refractivity contribution in [2.45, 2.75) is 19.5 Å². The molecule has 3 heterocycles. The van der Waals surface area contributed by atoms with Gasteiger partial charge in [0.1, 0.15) is 11.3 Å². The summed E-state index contributed by atoms with van der Waals surface area (Å²) in [6.45, 7) is 2.55. The van der Waals surface area contributed by atoms with Crippen LogP contribution in [0.3, 0.4) is 0 Å². The van der Waals surface area contributed by atoms with Gasteiger partial charge in [0.05, 0.1) is 23.9 Å². The highest BCUT2D eigenvalue weighted by Crippen LogP contribution is 2.30. The molecular formula is C22H18N4O. The molecule has 0 spiro atoms. The first kappa shape index (κ1) is 15.9. The molecule has 2 aromatic carbocycles. The minimum Gasteiger partial charge on any atom is -0.460 e. The molecule has 0 aliphatic carbocycles. The number of rotatable bonds is 3. The number of H-pyrrole nitrogens is 1. The molecule has 2 aromatic heterocycles. The van der Waals surface area contributed by atoms with Crippen molar-refractivity contribution in [3.05, 3.63) is 77.2 Å². The van der Waals surface area contributed by atoms with Crippen LogP contribution in [0.15, 0.2) is 59.0 Å². The summed E-state index contributed by atoms with van der Waals surface area (Å²) in [4.78, 5) is 2.38. The molecule has 1 aliphatic rings. The molecule has 0 radical (unpaired) electrons. The Morgan fingerprint density at radius 1 is 1.15 bits per heavy atom. The van der Waals surface area contributed by atoms with E-state index < -0.39 is 0 Å². The Morgan fingerprint density at radius 3 is 2.96 bits per heavy atom. The number of furan rings is 1. The first-order valence-electron chi connectivity index (χ1n) is 9.06. The Morgan fingerprint density at radius 2 is 2.07 bits per heavy atom. The van der Waals surface area contributed by atoms with E-state index in [1.165, 1.54) is 11.3 Å². The van der Waals surface area contributed by atoms with Crippen molar-refractivity contribution in [1.29, 1.82) is 5.26 Å². The van der Waals surface area contributed by atoms with Crippen LogP contribution in [0.4, 0.5) is 0 Å². The highest BCUT2D eigenvalue weighted by atomic mass is 16.3. The van der Waals surface area contributed by atoms with E-state index in [1.54, 1.807) is 0 Å². The van der Waals surface area contributed by atoms with Gasteiger partial charge in [0, 0.05) is 41.7 Å². The van der Waals surface area contributed by atoms with Gasteiger partial charge in [-0.25, -0.2) is 0 Å². The van der Waals surface area contributed by atoms with Crippen LogP contribution in [0.1, 0.15) is 22.6 Å². The normalized spacial score (nSPS) is 14.2. The maximum Gasteiger partial charge on any atom is 0.134 e. The van der Waals surface area contributed by atoms with Gasteiger partial charge in [-0.3, -0.25) is 10.00 Å². The smallest absolute Gasteiger partial charge is 0.134 e. The summed E-state index contributed by atoms with van der Waals surface area (Å²) in [7, 11) is 0. The zero-order valence-corrected chi connectivity index (χ0v) is 14.8. The van der Waals surface area contributed by atoms with Crippen molar-refractivity contribution in [3.8, 4) is 17.3 Å². The molecule has 0 amide bonds. The minimum atomic E-state index is 0.652. The Bertz CT molecular complexity index is 1130. The quantitative estimate of drug-likeness (QED) is 0.597. The fraction of sp³-hybridized carbons (Fsp3) is 0.182. The van der Waals surface area contributed by atoms with Gasteiger partial charge in [-0.05, 0) is 24.3 Å². The molecule has 1 aliphatic heterocycles. The minimum absolute atomic E-state index is 0.652. The summed E-state index contributed by atoms with van der Waals surface area (Å²) in [5.74, 6) is 0.983. The fourth-order valence-corrected chi connectivity index (χ4v) is 3.80. The number of aromatic nitrogens is 2. The molecule has 0 atom stereocenters. The number of nitriles is 1. The summed E-state index contributed by atoms with van der Waals surface area (Å²) < 4.78 is 5.98. The lowest BCUT2D eigenvalue weighted by Crippen LogP contribution is -2.29. The molecule has 5 nitrogen and oxygen atoms in total. The molecule has 0 bridgehead atoms. The van der Waals surface area contributed by atoms with Gasteiger partial charge in [-0.15, -0.1) is 0 Å². The van der Waals surface area contributed by atoms with Crippen molar-refractivity contribution in [2.75, 3.05) is 6.54 Å². The van der Waals surface area contributed by atoms with E-state index in [1.807, 2.05) is 42.5 Å². The van der Waals surface area contributed by atoms with Crippen LogP contribution in [0.2, 0.25) is 0 Å². The largest absolute Gasteiger partial charge is 0.460 e. The fourth-order valence-electron chi connectivity index (χ4n) is 3.80. The summed E-state index contributed by atoms with van der Waals surface area (Å²) in [5.41, 5.74) is 5.91. The number of nitrogens with one attached hydrogen (secondary N) is 1. The molecule has 0 saturated heterocycles. The topological polar surface area (TPSA) is 68.8 Å². The van der Waals surface area contributed by atoms with Crippen molar-refractivity contribution in [3.63, 3.8) is 0 Å². The maximum atomic E-state index is 9.17. The van der Waals surface area contributed by atoms with E-state index in [0.29, 0.717) is 5.56 Å². The highest BCUT2D eigenvalue weighted by molar-refractivity contribution is 5.77. The second-order valence-corrected chi connectivity index (χ2v) is 6.93. The number of benzene rings is 2. The Kier molecular flexibility index (Phi) is 3.77. The average Bonchev–Trinajstić information content (AvgIpc) is 3.31. The molecule has 27 heavy (non-hydrogen) atoms. The first-order chi connectivity index (χ1) is 13.3. The number of nitrogens with zero attached hydrogens (tertiary/aromatic N) is 3. The zero-order valence-electron chi connectivity index (χ0n) is 14.8. The van der Waals surface area contributed by atoms with E-state index in [-0.39, 0.29) is 0 Å². The number of fused-ring (bicyclic) bond motifs is 2. The van der Waals surface area contributed by atoms with Crippen LogP contribution < -0.4 is 0 Å². The molecule has 5 heteroatoms. The lowest BCUT2D eigenvalue weighted by molar-refractivity contribution is 0.227. The van der Waals surface area contributed by atoms with Gasteiger partial charge >= 0.3 is 0 Å². The van der Waals surface area contributed by atoms with Gasteiger partial charge in [0.2, 0.25) is 0 Å². The predicted octanol–water partition coefficient (Wildman–Crippen LogP) is 4.25. The van der Waals surface area contributed by atoms with Gasteiger partial charge in [0.15, 0.2) is 0 Å². The van der Waals surface area contributed by atoms with Crippen molar-refractivity contribution in [2.24, 2.45) is 0 Å². The van der Waals surface area contributed by atoms with Crippen molar-refractivity contribution in [1.82, 2.24) is 15.1 Å². The average molecular weight is 354 g/mol. The van der Waals surface area contributed by atoms with Crippen molar-refractivity contribution < 1.29 is 4.42 Å². The summed E-state index contributed by atoms with van der Waals surface area (Å²) in [5, 5.41) is 18.0. The molecule has 0 unspecified atom stereocenters. The van der Waals surface area contributed by atoms with E-state index in [2.05, 4.69) is 33.3 Å². The standard InChI is InChI=1S/C22H18N4O/c23-12-15-4-3-6-17(10-15)22-19-14-26(9-8-20(19)24-25-22)13-18-11-16-5-1-2-7-21(16)27-18/h1-7,10-11H,8-9,13-14H2,(H,24,25). The second-order valence-electron chi connectivity index (χ2n) is 6.93. The van der Waals surface area contributed by atoms with E-state index in [0.717, 1.165) is 54.0 Å². The molecular weight excluding hydrogens is 336 g/mol. The van der Waals surface area contributed by atoms with Crippen LogP contribution in [0, 0.1) is 11.3 Å². The van der Waals surface area contributed by atoms with Crippen LogP contribution in [-0.4, -0.2) is 21.6 Å². The van der Waals surface area contributed by atoms with Crippen LogP contribution in [0.25, 0.3) is 22.2 Å². The van der Waals surface area contributed by atoms with Gasteiger partial charge in [-0.1, -0.05) is 30.3 Å². The van der Waals surface area contributed by atoms with Gasteiger partial charge in [0.25, 0.3) is 0 Å². The van der Waals surface area contributed by atoms with Crippen LogP contribution >= 0.6 is 0 Å². The molecule has 4 aromatic rings. The third-order valence-electron chi connectivity index (χ3n) is 5.13. The molecule has 1 N–H and O–H groups in total. The van der Waals surface area contributed by atoms with E-state index in [4.69, 9.17) is 9.68 Å². The van der Waals surface area contributed by atoms with E-state index in [9.17, 15) is 0 Å². The maximum absolute atomic E-state index is 9.17. The van der Waals surface area contributed by atoms with Crippen LogP contribution in [-0.2, 0) is 19.5 Å². The third kappa shape index (κ3) is 2.90.